The Bertz CT molecular complexity index is 994. The van der Waals surface area contributed by atoms with Crippen LogP contribution in [0.1, 0.15) is 46.5 Å². The molecule has 1 fully saturated rings. The summed E-state index contributed by atoms with van der Waals surface area (Å²) in [6.07, 6.45) is 3.66. The number of carbonyl (C=O) groups is 2. The zero-order valence-corrected chi connectivity index (χ0v) is 18.6. The second kappa shape index (κ2) is 9.10. The molecule has 1 aromatic carbocycles. The van der Waals surface area contributed by atoms with Crippen LogP contribution >= 0.6 is 0 Å². The monoisotopic (exact) mass is 443 g/mol. The molecule has 1 N–H and O–H groups in total. The van der Waals surface area contributed by atoms with Crippen LogP contribution in [-0.2, 0) is 4.79 Å². The molecule has 0 unspecified atom stereocenters. The van der Waals surface area contributed by atoms with Crippen LogP contribution in [0.3, 0.4) is 0 Å². The molecule has 0 atom stereocenters. The van der Waals surface area contributed by atoms with Crippen molar-refractivity contribution in [3.8, 4) is 22.9 Å². The van der Waals surface area contributed by atoms with Crippen LogP contribution in [0.25, 0.3) is 5.69 Å². The predicted molar refractivity (Wildman–Crippen MR) is 117 cm³/mol. The third-order valence-corrected chi connectivity index (χ3v) is 6.00. The lowest BCUT2D eigenvalue weighted by molar-refractivity contribution is -0.124. The van der Waals surface area contributed by atoms with Crippen LogP contribution in [0.4, 0.5) is 10.6 Å². The minimum Gasteiger partial charge on any atom is -0.486 e. The highest BCUT2D eigenvalue weighted by Crippen LogP contribution is 2.37. The number of amides is 1. The lowest BCUT2D eigenvalue weighted by Crippen LogP contribution is -2.42. The highest BCUT2D eigenvalue weighted by atomic mass is 16.7. The van der Waals surface area contributed by atoms with Gasteiger partial charge in [0.05, 0.1) is 11.9 Å². The van der Waals surface area contributed by atoms with E-state index in [1.54, 1.807) is 23.1 Å². The van der Waals surface area contributed by atoms with Gasteiger partial charge < -0.3 is 19.3 Å². The number of carboxylic acid groups (broad SMARTS) is 1. The molecule has 9 heteroatoms. The largest absolute Gasteiger partial charge is 0.511 e. The molecule has 1 aliphatic heterocycles. The van der Waals surface area contributed by atoms with E-state index in [1.807, 2.05) is 13.8 Å². The molecule has 0 radical (unpaired) electrons. The number of benzene rings is 1. The molecule has 2 heterocycles. The maximum atomic E-state index is 13.5. The summed E-state index contributed by atoms with van der Waals surface area (Å²) in [6.45, 7) is 6.91. The molecule has 1 aromatic heterocycles. The Morgan fingerprint density at radius 1 is 1.16 bits per heavy atom. The summed E-state index contributed by atoms with van der Waals surface area (Å²) in [4.78, 5) is 26.4. The van der Waals surface area contributed by atoms with Crippen LogP contribution in [0.5, 0.6) is 17.2 Å². The second-order valence-electron chi connectivity index (χ2n) is 8.72. The first-order valence-corrected chi connectivity index (χ1v) is 11.1. The maximum absolute atomic E-state index is 13.5. The number of anilines is 1. The van der Waals surface area contributed by atoms with Crippen LogP contribution in [0, 0.1) is 11.8 Å². The molecule has 0 bridgehead atoms. The average Bonchev–Trinajstić information content (AvgIpc) is 3.16. The Labute approximate surface area is 186 Å². The Balaban J connectivity index is 1.70. The van der Waals surface area contributed by atoms with Gasteiger partial charge in [0.1, 0.15) is 13.2 Å². The van der Waals surface area contributed by atoms with Crippen LogP contribution in [-0.4, -0.2) is 46.2 Å². The maximum Gasteiger partial charge on any atom is 0.511 e. The molecule has 1 amide bonds. The van der Waals surface area contributed by atoms with E-state index < -0.39 is 6.16 Å². The molecule has 1 aliphatic carbocycles. The number of carbonyl (C=O) groups excluding carboxylic acids is 1. The normalized spacial score (nSPS) is 20.1. The number of rotatable bonds is 5. The minimum absolute atomic E-state index is 0.0126. The van der Waals surface area contributed by atoms with Gasteiger partial charge in [-0.2, -0.15) is 0 Å². The number of hydrogen-bond donors (Lipinski definition) is 1. The molecule has 2 aliphatic rings. The van der Waals surface area contributed by atoms with E-state index in [0.717, 1.165) is 25.7 Å². The quantitative estimate of drug-likeness (QED) is 0.689. The van der Waals surface area contributed by atoms with E-state index >= 15 is 0 Å². The first kappa shape index (κ1) is 22.0. The number of hydrogen-bond acceptors (Lipinski definition) is 6. The van der Waals surface area contributed by atoms with Crippen molar-refractivity contribution in [1.29, 1.82) is 0 Å². The van der Waals surface area contributed by atoms with E-state index in [1.165, 1.54) is 10.9 Å². The van der Waals surface area contributed by atoms with Crippen molar-refractivity contribution < 1.29 is 28.9 Å². The summed E-state index contributed by atoms with van der Waals surface area (Å²) >= 11 is 0. The molecule has 4 rings (SSSR count). The first-order chi connectivity index (χ1) is 15.3. The van der Waals surface area contributed by atoms with Crippen molar-refractivity contribution in [2.45, 2.75) is 52.5 Å². The van der Waals surface area contributed by atoms with Crippen LogP contribution in [0.2, 0.25) is 0 Å². The standard InChI is InChI=1S/C23H29N3O6/c1-14(2)26(22(27)16-6-4-15(3)5-7-16)21-20(32-23(28)29)13-25(24-21)17-8-9-18-19(12-17)31-11-10-30-18/h8-9,12-16H,4-7,10-11H2,1-3H3,(H,28,29)/t15-,16-. The molecule has 9 nitrogen and oxygen atoms in total. The van der Waals surface area contributed by atoms with Gasteiger partial charge in [-0.25, -0.2) is 9.48 Å². The molecule has 172 valence electrons. The van der Waals surface area contributed by atoms with Crippen LogP contribution < -0.4 is 19.1 Å². The predicted octanol–water partition coefficient (Wildman–Crippen LogP) is 4.27. The molecular formula is C23H29N3O6. The second-order valence-corrected chi connectivity index (χ2v) is 8.72. The van der Waals surface area contributed by atoms with Gasteiger partial charge in [0.2, 0.25) is 11.7 Å². The highest BCUT2D eigenvalue weighted by Gasteiger charge is 2.34. The minimum atomic E-state index is -1.46. The highest BCUT2D eigenvalue weighted by molar-refractivity contribution is 5.96. The Hall–Kier alpha value is -3.23. The van der Waals surface area contributed by atoms with Gasteiger partial charge in [-0.3, -0.25) is 9.69 Å². The number of aromatic nitrogens is 2. The topological polar surface area (TPSA) is 103 Å². The van der Waals surface area contributed by atoms with Crippen LogP contribution in [0.15, 0.2) is 24.4 Å². The van der Waals surface area contributed by atoms with Gasteiger partial charge in [-0.1, -0.05) is 6.92 Å². The van der Waals surface area contributed by atoms with Gasteiger partial charge >= 0.3 is 6.16 Å². The van der Waals surface area contributed by atoms with E-state index in [-0.39, 0.29) is 29.4 Å². The number of ether oxygens (including phenoxy) is 3. The molecule has 1 saturated carbocycles. The summed E-state index contributed by atoms with van der Waals surface area (Å²) in [7, 11) is 0. The van der Waals surface area contributed by atoms with Gasteiger partial charge in [0, 0.05) is 18.0 Å². The fourth-order valence-corrected chi connectivity index (χ4v) is 4.30. The zero-order valence-electron chi connectivity index (χ0n) is 18.6. The van der Waals surface area contributed by atoms with E-state index in [0.29, 0.717) is 36.3 Å². The van der Waals surface area contributed by atoms with E-state index in [2.05, 4.69) is 12.0 Å². The Morgan fingerprint density at radius 2 is 1.84 bits per heavy atom. The zero-order chi connectivity index (χ0) is 22.8. The molecular weight excluding hydrogens is 414 g/mol. The Kier molecular flexibility index (Phi) is 6.25. The van der Waals surface area contributed by atoms with Crippen molar-refractivity contribution in [1.82, 2.24) is 9.78 Å². The lowest BCUT2D eigenvalue weighted by atomic mass is 9.82. The third kappa shape index (κ3) is 4.51. The fourth-order valence-electron chi connectivity index (χ4n) is 4.30. The molecule has 2 aromatic rings. The summed E-state index contributed by atoms with van der Waals surface area (Å²) < 4.78 is 17.7. The number of fused-ring (bicyclic) bond motifs is 1. The fraction of sp³-hybridized carbons (Fsp3) is 0.522. The summed E-state index contributed by atoms with van der Waals surface area (Å²) in [5.74, 6) is 1.89. The van der Waals surface area contributed by atoms with Crippen molar-refractivity contribution in [2.24, 2.45) is 11.8 Å². The molecule has 0 saturated heterocycles. The third-order valence-electron chi connectivity index (χ3n) is 6.00. The first-order valence-electron chi connectivity index (χ1n) is 11.1. The van der Waals surface area contributed by atoms with Crippen molar-refractivity contribution >= 4 is 17.9 Å². The summed E-state index contributed by atoms with van der Waals surface area (Å²) in [6, 6.07) is 5.11. The number of nitrogens with zero attached hydrogens (tertiary/aromatic N) is 3. The molecule has 0 spiro atoms. The van der Waals surface area contributed by atoms with Gasteiger partial charge in [0.25, 0.3) is 0 Å². The SMILES string of the molecule is CC(C)N(c1nn(-c2ccc3c(c2)OCCO3)cc1OC(=O)O)C(=O)[C@H]1CC[C@H](C)CC1. The van der Waals surface area contributed by atoms with Crippen molar-refractivity contribution in [3.05, 3.63) is 24.4 Å². The lowest BCUT2D eigenvalue weighted by Gasteiger charge is -2.32. The summed E-state index contributed by atoms with van der Waals surface area (Å²) in [5, 5.41) is 13.8. The van der Waals surface area contributed by atoms with Gasteiger partial charge in [-0.15, -0.1) is 5.10 Å². The smallest absolute Gasteiger partial charge is 0.486 e. The Morgan fingerprint density at radius 3 is 2.50 bits per heavy atom. The van der Waals surface area contributed by atoms with Gasteiger partial charge in [-0.05, 0) is 57.6 Å². The van der Waals surface area contributed by atoms with E-state index in [4.69, 9.17) is 14.2 Å². The summed E-state index contributed by atoms with van der Waals surface area (Å²) in [5.41, 5.74) is 0.637. The molecule has 32 heavy (non-hydrogen) atoms. The van der Waals surface area contributed by atoms with Gasteiger partial charge in [0.15, 0.2) is 17.2 Å². The average molecular weight is 444 g/mol. The van der Waals surface area contributed by atoms with Crippen molar-refractivity contribution in [3.63, 3.8) is 0 Å². The van der Waals surface area contributed by atoms with E-state index in [9.17, 15) is 14.7 Å². The van der Waals surface area contributed by atoms with Crippen molar-refractivity contribution in [2.75, 3.05) is 18.1 Å².